The molecule has 0 aromatic carbocycles. The van der Waals surface area contributed by atoms with Gasteiger partial charge in [0.1, 0.15) is 6.33 Å². The molecule has 2 fully saturated rings. The van der Waals surface area contributed by atoms with Crippen LogP contribution in [0, 0.1) is 11.8 Å². The molecule has 4 unspecified atom stereocenters. The quantitative estimate of drug-likeness (QED) is 0.706. The SMILES string of the molecule is O=C(O)C1CCCC2C(c3cncnc3)NNC12. The Kier molecular flexibility index (Phi) is 2.97. The summed E-state index contributed by atoms with van der Waals surface area (Å²) in [6.45, 7) is 0. The van der Waals surface area contributed by atoms with Crippen molar-refractivity contribution in [1.82, 2.24) is 20.8 Å². The molecule has 4 atom stereocenters. The summed E-state index contributed by atoms with van der Waals surface area (Å²) in [7, 11) is 0. The van der Waals surface area contributed by atoms with Crippen molar-refractivity contribution >= 4 is 5.97 Å². The van der Waals surface area contributed by atoms with Crippen LogP contribution >= 0.6 is 0 Å². The predicted octanol–water partition coefficient (Wildman–Crippen LogP) is 0.495. The standard InChI is InChI=1S/C12H16N4O2/c17-12(18)9-3-1-2-8-10(15-16-11(8)9)7-4-13-6-14-5-7/h4-6,8-11,15-16H,1-3H2,(H,17,18). The highest BCUT2D eigenvalue weighted by Gasteiger charge is 2.45. The highest BCUT2D eigenvalue weighted by atomic mass is 16.4. The van der Waals surface area contributed by atoms with E-state index in [0.717, 1.165) is 24.8 Å². The lowest BCUT2D eigenvalue weighted by atomic mass is 9.74. The molecular weight excluding hydrogens is 232 g/mol. The molecular formula is C12H16N4O2. The van der Waals surface area contributed by atoms with Crippen molar-refractivity contribution in [2.24, 2.45) is 11.8 Å². The molecule has 1 saturated heterocycles. The smallest absolute Gasteiger partial charge is 0.308 e. The summed E-state index contributed by atoms with van der Waals surface area (Å²) < 4.78 is 0. The van der Waals surface area contributed by atoms with Crippen molar-refractivity contribution in [3.05, 3.63) is 24.3 Å². The third-order valence-electron chi connectivity index (χ3n) is 4.04. The van der Waals surface area contributed by atoms with Gasteiger partial charge < -0.3 is 5.11 Å². The Morgan fingerprint density at radius 2 is 2.06 bits per heavy atom. The van der Waals surface area contributed by atoms with Gasteiger partial charge in [0.25, 0.3) is 0 Å². The molecule has 2 aliphatic rings. The molecule has 6 nitrogen and oxygen atoms in total. The van der Waals surface area contributed by atoms with Crippen LogP contribution in [0.25, 0.3) is 0 Å². The molecule has 3 N–H and O–H groups in total. The van der Waals surface area contributed by atoms with Crippen molar-refractivity contribution in [3.63, 3.8) is 0 Å². The molecule has 0 spiro atoms. The van der Waals surface area contributed by atoms with E-state index in [2.05, 4.69) is 20.8 Å². The van der Waals surface area contributed by atoms with Gasteiger partial charge in [-0.25, -0.2) is 15.4 Å². The normalized spacial score (nSPS) is 35.1. The van der Waals surface area contributed by atoms with E-state index < -0.39 is 5.97 Å². The molecule has 0 amide bonds. The number of nitrogens with zero attached hydrogens (tertiary/aromatic N) is 2. The van der Waals surface area contributed by atoms with Gasteiger partial charge in [0, 0.05) is 24.0 Å². The first-order chi connectivity index (χ1) is 8.77. The van der Waals surface area contributed by atoms with Crippen molar-refractivity contribution in [2.45, 2.75) is 31.3 Å². The van der Waals surface area contributed by atoms with E-state index in [-0.39, 0.29) is 18.0 Å². The molecule has 1 aliphatic carbocycles. The monoisotopic (exact) mass is 248 g/mol. The summed E-state index contributed by atoms with van der Waals surface area (Å²) in [5, 5.41) is 9.25. The molecule has 1 saturated carbocycles. The Balaban J connectivity index is 1.83. The van der Waals surface area contributed by atoms with Gasteiger partial charge in [-0.15, -0.1) is 0 Å². The van der Waals surface area contributed by atoms with Crippen LogP contribution in [0.5, 0.6) is 0 Å². The zero-order valence-corrected chi connectivity index (χ0v) is 9.91. The van der Waals surface area contributed by atoms with Gasteiger partial charge in [-0.2, -0.15) is 0 Å². The highest BCUT2D eigenvalue weighted by molar-refractivity contribution is 5.71. The minimum Gasteiger partial charge on any atom is -0.481 e. The van der Waals surface area contributed by atoms with E-state index in [1.807, 2.05) is 0 Å². The van der Waals surface area contributed by atoms with Crippen molar-refractivity contribution in [2.75, 3.05) is 0 Å². The van der Waals surface area contributed by atoms with Crippen molar-refractivity contribution < 1.29 is 9.90 Å². The number of aromatic nitrogens is 2. The number of aliphatic carboxylic acids is 1. The fourth-order valence-corrected chi connectivity index (χ4v) is 3.18. The molecule has 1 aromatic heterocycles. The van der Waals surface area contributed by atoms with E-state index in [9.17, 15) is 9.90 Å². The first-order valence-electron chi connectivity index (χ1n) is 6.26. The maximum absolute atomic E-state index is 11.2. The Bertz CT molecular complexity index is 439. The van der Waals surface area contributed by atoms with Gasteiger partial charge >= 0.3 is 5.97 Å². The number of carbonyl (C=O) groups is 1. The Labute approximate surface area is 105 Å². The number of carboxylic acid groups (broad SMARTS) is 1. The second-order valence-corrected chi connectivity index (χ2v) is 5.00. The fourth-order valence-electron chi connectivity index (χ4n) is 3.18. The summed E-state index contributed by atoms with van der Waals surface area (Å²) in [6.07, 6.45) is 7.84. The summed E-state index contributed by atoms with van der Waals surface area (Å²) in [5.74, 6) is -0.708. The van der Waals surface area contributed by atoms with Gasteiger partial charge in [0.05, 0.1) is 12.0 Å². The highest BCUT2D eigenvalue weighted by Crippen LogP contribution is 2.40. The number of rotatable bonds is 2. The minimum atomic E-state index is -0.705. The van der Waals surface area contributed by atoms with E-state index in [1.54, 1.807) is 12.4 Å². The van der Waals surface area contributed by atoms with Gasteiger partial charge in [-0.05, 0) is 18.8 Å². The largest absolute Gasteiger partial charge is 0.481 e. The number of nitrogens with one attached hydrogen (secondary N) is 2. The minimum absolute atomic E-state index is 0.00135. The molecule has 0 bridgehead atoms. The van der Waals surface area contributed by atoms with Crippen molar-refractivity contribution in [1.29, 1.82) is 0 Å². The molecule has 0 radical (unpaired) electrons. The van der Waals surface area contributed by atoms with Crippen LogP contribution in [0.3, 0.4) is 0 Å². The lowest BCUT2D eigenvalue weighted by Gasteiger charge is -2.31. The van der Waals surface area contributed by atoms with Gasteiger partial charge in [-0.1, -0.05) is 6.42 Å². The number of fused-ring (bicyclic) bond motifs is 1. The van der Waals surface area contributed by atoms with E-state index in [1.165, 1.54) is 6.33 Å². The zero-order valence-electron chi connectivity index (χ0n) is 9.91. The molecule has 18 heavy (non-hydrogen) atoms. The first-order valence-corrected chi connectivity index (χ1v) is 6.26. The summed E-state index contributed by atoms with van der Waals surface area (Å²) in [5.41, 5.74) is 7.38. The predicted molar refractivity (Wildman–Crippen MR) is 63.3 cm³/mol. The second kappa shape index (κ2) is 4.62. The Morgan fingerprint density at radius 3 is 2.78 bits per heavy atom. The van der Waals surface area contributed by atoms with Gasteiger partial charge in [0.2, 0.25) is 0 Å². The molecule has 1 aromatic rings. The number of hydrogen-bond donors (Lipinski definition) is 3. The lowest BCUT2D eigenvalue weighted by Crippen LogP contribution is -2.43. The third kappa shape index (κ3) is 1.87. The molecule has 1 aliphatic heterocycles. The number of carboxylic acids is 1. The van der Waals surface area contributed by atoms with Gasteiger partial charge in [0.15, 0.2) is 0 Å². The average molecular weight is 248 g/mol. The van der Waals surface area contributed by atoms with Crippen LogP contribution in [0.4, 0.5) is 0 Å². The molecule has 3 rings (SSSR count). The molecule has 96 valence electrons. The maximum atomic E-state index is 11.2. The summed E-state index contributed by atoms with van der Waals surface area (Å²) in [6, 6.07) is 0.111. The summed E-state index contributed by atoms with van der Waals surface area (Å²) >= 11 is 0. The van der Waals surface area contributed by atoms with Gasteiger partial charge in [-0.3, -0.25) is 10.2 Å². The topological polar surface area (TPSA) is 87.1 Å². The number of hydrazine groups is 1. The molecule has 2 heterocycles. The van der Waals surface area contributed by atoms with Crippen LogP contribution in [0.2, 0.25) is 0 Å². The fraction of sp³-hybridized carbons (Fsp3) is 0.583. The van der Waals surface area contributed by atoms with E-state index in [0.29, 0.717) is 5.92 Å². The van der Waals surface area contributed by atoms with Crippen LogP contribution in [-0.2, 0) is 4.79 Å². The summed E-state index contributed by atoms with van der Waals surface area (Å²) in [4.78, 5) is 19.3. The Hall–Kier alpha value is -1.53. The van der Waals surface area contributed by atoms with Crippen LogP contribution in [-0.4, -0.2) is 27.1 Å². The van der Waals surface area contributed by atoms with Crippen LogP contribution in [0.1, 0.15) is 30.9 Å². The molecule has 6 heteroatoms. The lowest BCUT2D eigenvalue weighted by molar-refractivity contribution is -0.144. The zero-order chi connectivity index (χ0) is 12.5. The van der Waals surface area contributed by atoms with Crippen LogP contribution in [0.15, 0.2) is 18.7 Å². The third-order valence-corrected chi connectivity index (χ3v) is 4.04. The maximum Gasteiger partial charge on any atom is 0.308 e. The van der Waals surface area contributed by atoms with Crippen LogP contribution < -0.4 is 10.9 Å². The van der Waals surface area contributed by atoms with E-state index >= 15 is 0 Å². The second-order valence-electron chi connectivity index (χ2n) is 5.00. The van der Waals surface area contributed by atoms with E-state index in [4.69, 9.17) is 0 Å². The van der Waals surface area contributed by atoms with Crippen molar-refractivity contribution in [3.8, 4) is 0 Å². The average Bonchev–Trinajstić information content (AvgIpc) is 2.83. The Morgan fingerprint density at radius 1 is 1.28 bits per heavy atom. The first kappa shape index (κ1) is 11.6. The number of hydrogen-bond acceptors (Lipinski definition) is 5.